The maximum Gasteiger partial charge on any atom is 0.335 e. The normalized spacial score (nSPS) is 15.2. The van der Waals surface area contributed by atoms with Crippen LogP contribution in [0.25, 0.3) is 11.6 Å². The Morgan fingerprint density at radius 1 is 1.00 bits per heavy atom. The van der Waals surface area contributed by atoms with Gasteiger partial charge in [0.2, 0.25) is 0 Å². The number of benzene rings is 3. The van der Waals surface area contributed by atoms with Gasteiger partial charge < -0.3 is 10.2 Å². The lowest BCUT2D eigenvalue weighted by Gasteiger charge is -2.33. The van der Waals surface area contributed by atoms with Gasteiger partial charge in [-0.1, -0.05) is 80.1 Å². The van der Waals surface area contributed by atoms with Gasteiger partial charge in [0, 0.05) is 5.56 Å². The van der Waals surface area contributed by atoms with Crippen molar-refractivity contribution in [3.05, 3.63) is 118 Å². The Morgan fingerprint density at radius 2 is 1.68 bits per heavy atom. The molecule has 1 aliphatic rings. The fraction of sp³-hybridized carbons (Fsp3) is 0.200. The van der Waals surface area contributed by atoms with Gasteiger partial charge in [-0.3, -0.25) is 4.99 Å². The molecule has 0 bridgehead atoms. The van der Waals surface area contributed by atoms with Crippen molar-refractivity contribution in [1.29, 1.82) is 0 Å². The smallest absolute Gasteiger partial charge is 0.335 e. The molecule has 4 nitrogen and oxygen atoms in total. The van der Waals surface area contributed by atoms with E-state index in [4.69, 9.17) is 5.11 Å². The molecule has 0 aromatic heterocycles. The second-order valence-corrected chi connectivity index (χ2v) is 9.28. The van der Waals surface area contributed by atoms with E-state index >= 15 is 0 Å². The Morgan fingerprint density at radius 3 is 2.32 bits per heavy atom. The molecule has 1 aliphatic carbocycles. The molecule has 0 atom stereocenters. The SMILES string of the molecule is Cc1ccc(C2=CCC(C)(C)c3cc(C(/C=C/c4ccc(C(=O)O)cc4)=NCO)ccc32)cc1. The summed E-state index contributed by atoms with van der Waals surface area (Å²) in [5, 5.41) is 18.6. The van der Waals surface area contributed by atoms with Crippen molar-refractivity contribution >= 4 is 23.3 Å². The molecule has 4 rings (SSSR count). The molecule has 0 amide bonds. The zero-order chi connectivity index (χ0) is 24.3. The van der Waals surface area contributed by atoms with Crippen molar-refractivity contribution in [3.63, 3.8) is 0 Å². The van der Waals surface area contributed by atoms with E-state index in [-0.39, 0.29) is 17.7 Å². The average molecular weight is 452 g/mol. The predicted octanol–water partition coefficient (Wildman–Crippen LogP) is 6.26. The van der Waals surface area contributed by atoms with Crippen molar-refractivity contribution < 1.29 is 15.0 Å². The Hall–Kier alpha value is -3.76. The maximum atomic E-state index is 11.1. The zero-order valence-corrected chi connectivity index (χ0v) is 19.7. The van der Waals surface area contributed by atoms with Gasteiger partial charge in [-0.15, -0.1) is 0 Å². The minimum Gasteiger partial charge on any atom is -0.478 e. The number of carboxylic acid groups (broad SMARTS) is 1. The molecule has 3 aromatic carbocycles. The Balaban J connectivity index is 1.70. The van der Waals surface area contributed by atoms with E-state index in [1.165, 1.54) is 27.8 Å². The number of allylic oxidation sites excluding steroid dienone is 2. The van der Waals surface area contributed by atoms with Crippen LogP contribution in [0, 0.1) is 6.92 Å². The third kappa shape index (κ3) is 4.92. The second kappa shape index (κ2) is 9.62. The third-order valence-corrected chi connectivity index (χ3v) is 6.35. The van der Waals surface area contributed by atoms with E-state index in [0.29, 0.717) is 5.71 Å². The standard InChI is InChI=1S/C30H29NO3/c1-20-4-9-22(10-5-20)25-16-17-30(2,3)27-18-24(13-14-26(25)27)28(31-19-32)15-8-21-6-11-23(12-7-21)29(33)34/h4-16,18,32H,17,19H2,1-3H3,(H,33,34)/b15-8+,31-28?. The van der Waals surface area contributed by atoms with Crippen molar-refractivity contribution in [2.24, 2.45) is 4.99 Å². The van der Waals surface area contributed by atoms with Crippen LogP contribution in [0.3, 0.4) is 0 Å². The van der Waals surface area contributed by atoms with Gasteiger partial charge in [-0.2, -0.15) is 0 Å². The molecule has 0 saturated heterocycles. The van der Waals surface area contributed by atoms with Crippen LogP contribution < -0.4 is 0 Å². The summed E-state index contributed by atoms with van der Waals surface area (Å²) in [6, 6.07) is 21.7. The number of hydrogen-bond acceptors (Lipinski definition) is 3. The van der Waals surface area contributed by atoms with Crippen LogP contribution in [0.4, 0.5) is 0 Å². The number of aliphatic hydroxyl groups excluding tert-OH is 1. The number of aromatic carboxylic acids is 1. The van der Waals surface area contributed by atoms with Crippen LogP contribution in [-0.2, 0) is 5.41 Å². The third-order valence-electron chi connectivity index (χ3n) is 6.35. The van der Waals surface area contributed by atoms with Crippen LogP contribution in [0.5, 0.6) is 0 Å². The number of aryl methyl sites for hydroxylation is 1. The lowest BCUT2D eigenvalue weighted by Crippen LogP contribution is -2.22. The molecule has 172 valence electrons. The highest BCUT2D eigenvalue weighted by atomic mass is 16.4. The number of carboxylic acids is 1. The van der Waals surface area contributed by atoms with Crippen molar-refractivity contribution in [3.8, 4) is 0 Å². The Labute approximate surface area is 200 Å². The minimum atomic E-state index is -0.950. The second-order valence-electron chi connectivity index (χ2n) is 9.28. The monoisotopic (exact) mass is 451 g/mol. The highest BCUT2D eigenvalue weighted by Crippen LogP contribution is 2.41. The fourth-order valence-corrected chi connectivity index (χ4v) is 4.31. The molecule has 0 aliphatic heterocycles. The minimum absolute atomic E-state index is 0.0275. The number of aliphatic imine (C=N–C) groups is 1. The summed E-state index contributed by atoms with van der Waals surface area (Å²) in [4.78, 5) is 15.4. The van der Waals surface area contributed by atoms with E-state index in [1.807, 2.05) is 12.2 Å². The first-order valence-corrected chi connectivity index (χ1v) is 11.4. The van der Waals surface area contributed by atoms with E-state index in [1.54, 1.807) is 24.3 Å². The largest absolute Gasteiger partial charge is 0.478 e. The van der Waals surface area contributed by atoms with Crippen LogP contribution in [0.15, 0.2) is 83.9 Å². The highest BCUT2D eigenvalue weighted by Gasteiger charge is 2.29. The molecule has 4 heteroatoms. The summed E-state index contributed by atoms with van der Waals surface area (Å²) in [7, 11) is 0. The lowest BCUT2D eigenvalue weighted by molar-refractivity contribution is 0.0697. The number of aliphatic hydroxyl groups is 1. The summed E-state index contributed by atoms with van der Waals surface area (Å²) in [6.07, 6.45) is 7.00. The Kier molecular flexibility index (Phi) is 6.62. The molecule has 0 radical (unpaired) electrons. The number of fused-ring (bicyclic) bond motifs is 1. The van der Waals surface area contributed by atoms with Crippen molar-refractivity contribution in [1.82, 2.24) is 0 Å². The fourth-order valence-electron chi connectivity index (χ4n) is 4.31. The van der Waals surface area contributed by atoms with Gasteiger partial charge >= 0.3 is 5.97 Å². The maximum absolute atomic E-state index is 11.1. The number of rotatable bonds is 6. The summed E-state index contributed by atoms with van der Waals surface area (Å²) < 4.78 is 0. The van der Waals surface area contributed by atoms with Crippen LogP contribution in [0.2, 0.25) is 0 Å². The van der Waals surface area contributed by atoms with Gasteiger partial charge in [0.1, 0.15) is 6.73 Å². The van der Waals surface area contributed by atoms with Crippen LogP contribution >= 0.6 is 0 Å². The molecule has 2 N–H and O–H groups in total. The summed E-state index contributed by atoms with van der Waals surface area (Å²) >= 11 is 0. The number of hydrogen-bond donors (Lipinski definition) is 2. The van der Waals surface area contributed by atoms with Gasteiger partial charge in [-0.25, -0.2) is 4.79 Å². The molecular weight excluding hydrogens is 422 g/mol. The molecule has 0 heterocycles. The van der Waals surface area contributed by atoms with Crippen LogP contribution in [0.1, 0.15) is 64.0 Å². The van der Waals surface area contributed by atoms with E-state index in [9.17, 15) is 9.90 Å². The summed E-state index contributed by atoms with van der Waals surface area (Å²) in [5.74, 6) is -0.950. The molecule has 0 fully saturated rings. The molecule has 3 aromatic rings. The summed E-state index contributed by atoms with van der Waals surface area (Å²) in [5.41, 5.74) is 8.87. The molecular formula is C30H29NO3. The van der Waals surface area contributed by atoms with Crippen LogP contribution in [-0.4, -0.2) is 28.6 Å². The zero-order valence-electron chi connectivity index (χ0n) is 19.7. The number of nitrogens with zero attached hydrogens (tertiary/aromatic N) is 1. The quantitative estimate of drug-likeness (QED) is 0.435. The van der Waals surface area contributed by atoms with E-state index in [2.05, 4.69) is 74.3 Å². The van der Waals surface area contributed by atoms with Gasteiger partial charge in [0.05, 0.1) is 11.3 Å². The van der Waals surface area contributed by atoms with Gasteiger partial charge in [0.15, 0.2) is 0 Å². The lowest BCUT2D eigenvalue weighted by atomic mass is 9.71. The van der Waals surface area contributed by atoms with Crippen molar-refractivity contribution in [2.75, 3.05) is 6.73 Å². The molecule has 0 saturated carbocycles. The van der Waals surface area contributed by atoms with E-state index < -0.39 is 5.97 Å². The van der Waals surface area contributed by atoms with E-state index in [0.717, 1.165) is 17.5 Å². The average Bonchev–Trinajstić information content (AvgIpc) is 2.83. The number of carbonyl (C=O) groups is 1. The molecule has 0 spiro atoms. The first kappa shape index (κ1) is 23.4. The summed E-state index contributed by atoms with van der Waals surface area (Å²) in [6.45, 7) is 6.28. The van der Waals surface area contributed by atoms with Gasteiger partial charge in [-0.05, 0) is 70.9 Å². The van der Waals surface area contributed by atoms with Crippen molar-refractivity contribution in [2.45, 2.75) is 32.6 Å². The molecule has 0 unspecified atom stereocenters. The van der Waals surface area contributed by atoms with Gasteiger partial charge in [0.25, 0.3) is 0 Å². The molecule has 34 heavy (non-hydrogen) atoms. The predicted molar refractivity (Wildman–Crippen MR) is 138 cm³/mol. The topological polar surface area (TPSA) is 69.9 Å². The first-order chi connectivity index (χ1) is 16.3. The Bertz CT molecular complexity index is 1290. The highest BCUT2D eigenvalue weighted by molar-refractivity contribution is 6.11. The first-order valence-electron chi connectivity index (χ1n) is 11.4.